The minimum atomic E-state index is -0.214. The van der Waals surface area contributed by atoms with Gasteiger partial charge in [0, 0.05) is 24.1 Å². The van der Waals surface area contributed by atoms with Gasteiger partial charge in [0.15, 0.2) is 0 Å². The molecule has 0 spiro atoms. The van der Waals surface area contributed by atoms with E-state index in [0.29, 0.717) is 12.2 Å². The van der Waals surface area contributed by atoms with Crippen LogP contribution >= 0.6 is 0 Å². The third kappa shape index (κ3) is 4.60. The Morgan fingerprint density at radius 2 is 1.73 bits per heavy atom. The van der Waals surface area contributed by atoms with Gasteiger partial charge in [0.1, 0.15) is 11.4 Å². The Hall–Kier alpha value is -3.34. The zero-order valence-electron chi connectivity index (χ0n) is 14.8. The first-order valence-corrected chi connectivity index (χ1v) is 8.35. The first-order chi connectivity index (χ1) is 12.6. The molecular weight excluding hydrogens is 326 g/mol. The van der Waals surface area contributed by atoms with E-state index in [2.05, 4.69) is 15.6 Å². The quantitative estimate of drug-likeness (QED) is 0.705. The van der Waals surface area contributed by atoms with Gasteiger partial charge in [-0.25, -0.2) is 0 Å². The van der Waals surface area contributed by atoms with Crippen LogP contribution in [0.5, 0.6) is 5.75 Å². The first-order valence-electron chi connectivity index (χ1n) is 8.35. The highest BCUT2D eigenvalue weighted by atomic mass is 16.5. The number of aromatic nitrogens is 1. The van der Waals surface area contributed by atoms with Crippen LogP contribution in [0.1, 0.15) is 21.6 Å². The minimum Gasteiger partial charge on any atom is -0.497 e. The summed E-state index contributed by atoms with van der Waals surface area (Å²) in [7, 11) is 1.63. The molecule has 0 saturated heterocycles. The Morgan fingerprint density at radius 3 is 2.42 bits per heavy atom. The summed E-state index contributed by atoms with van der Waals surface area (Å²) < 4.78 is 5.13. The summed E-state index contributed by atoms with van der Waals surface area (Å²) in [6, 6.07) is 19.2. The number of hydrogen-bond donors (Lipinski definition) is 2. The van der Waals surface area contributed by atoms with E-state index in [1.165, 1.54) is 5.56 Å². The van der Waals surface area contributed by atoms with Crippen molar-refractivity contribution in [1.82, 2.24) is 10.3 Å². The molecule has 0 fully saturated rings. The van der Waals surface area contributed by atoms with Crippen LogP contribution in [0.3, 0.4) is 0 Å². The number of nitrogens with one attached hydrogen (secondary N) is 2. The molecule has 0 aliphatic rings. The number of methoxy groups -OCH3 is 1. The molecule has 0 aliphatic heterocycles. The lowest BCUT2D eigenvalue weighted by atomic mass is 10.2. The van der Waals surface area contributed by atoms with Crippen LogP contribution in [0.15, 0.2) is 66.9 Å². The first kappa shape index (κ1) is 17.5. The maximum atomic E-state index is 12.4. The van der Waals surface area contributed by atoms with E-state index in [9.17, 15) is 4.79 Å². The molecule has 2 N–H and O–H groups in total. The number of pyridine rings is 1. The molecule has 0 saturated carbocycles. The number of aryl methyl sites for hydroxylation is 1. The standard InChI is InChI=1S/C21H21N3O2/c1-15-3-7-17(8-4-15)24-18-11-12-22-20(13-18)21(25)23-14-16-5-9-19(26-2)10-6-16/h3-13H,14H2,1-2H3,(H,22,24)(H,23,25). The number of anilines is 2. The van der Waals surface area contributed by atoms with Gasteiger partial charge in [-0.3, -0.25) is 9.78 Å². The molecule has 0 atom stereocenters. The number of benzene rings is 2. The molecule has 5 nitrogen and oxygen atoms in total. The highest BCUT2D eigenvalue weighted by Gasteiger charge is 2.08. The summed E-state index contributed by atoms with van der Waals surface area (Å²) in [6.45, 7) is 2.47. The van der Waals surface area contributed by atoms with Gasteiger partial charge in [-0.1, -0.05) is 29.8 Å². The Balaban J connectivity index is 1.62. The van der Waals surface area contributed by atoms with Gasteiger partial charge in [0.2, 0.25) is 0 Å². The maximum Gasteiger partial charge on any atom is 0.270 e. The molecular formula is C21H21N3O2. The van der Waals surface area contributed by atoms with E-state index in [-0.39, 0.29) is 5.91 Å². The maximum absolute atomic E-state index is 12.4. The van der Waals surface area contributed by atoms with Crippen LogP contribution in [0.2, 0.25) is 0 Å². The van der Waals surface area contributed by atoms with Crippen molar-refractivity contribution in [3.05, 3.63) is 83.7 Å². The molecule has 1 heterocycles. The fourth-order valence-corrected chi connectivity index (χ4v) is 2.45. The minimum absolute atomic E-state index is 0.214. The lowest BCUT2D eigenvalue weighted by Gasteiger charge is -2.09. The summed E-state index contributed by atoms with van der Waals surface area (Å²) in [6.07, 6.45) is 1.62. The van der Waals surface area contributed by atoms with E-state index >= 15 is 0 Å². The van der Waals surface area contributed by atoms with Crippen LogP contribution in [0, 0.1) is 6.92 Å². The van der Waals surface area contributed by atoms with Gasteiger partial charge < -0.3 is 15.4 Å². The lowest BCUT2D eigenvalue weighted by molar-refractivity contribution is 0.0946. The Morgan fingerprint density at radius 1 is 1.00 bits per heavy atom. The van der Waals surface area contributed by atoms with Crippen molar-refractivity contribution in [2.24, 2.45) is 0 Å². The number of hydrogen-bond acceptors (Lipinski definition) is 4. The molecule has 5 heteroatoms. The molecule has 0 aliphatic carbocycles. The fraction of sp³-hybridized carbons (Fsp3) is 0.143. The number of ether oxygens (including phenoxy) is 1. The molecule has 2 aromatic carbocycles. The van der Waals surface area contributed by atoms with Crippen LogP contribution in [0.25, 0.3) is 0 Å². The van der Waals surface area contributed by atoms with E-state index in [0.717, 1.165) is 22.7 Å². The van der Waals surface area contributed by atoms with Gasteiger partial charge in [-0.05, 0) is 48.9 Å². The van der Waals surface area contributed by atoms with E-state index in [1.54, 1.807) is 19.4 Å². The van der Waals surface area contributed by atoms with Gasteiger partial charge in [0.05, 0.1) is 7.11 Å². The highest BCUT2D eigenvalue weighted by molar-refractivity contribution is 5.93. The van der Waals surface area contributed by atoms with Crippen LogP contribution < -0.4 is 15.4 Å². The number of carbonyl (C=O) groups excluding carboxylic acids is 1. The van der Waals surface area contributed by atoms with Crippen molar-refractivity contribution >= 4 is 17.3 Å². The van der Waals surface area contributed by atoms with Gasteiger partial charge >= 0.3 is 0 Å². The van der Waals surface area contributed by atoms with E-state index in [1.807, 2.05) is 61.5 Å². The average Bonchev–Trinajstić information content (AvgIpc) is 2.68. The average molecular weight is 347 g/mol. The number of nitrogens with zero attached hydrogens (tertiary/aromatic N) is 1. The molecule has 3 rings (SSSR count). The summed E-state index contributed by atoms with van der Waals surface area (Å²) in [5.41, 5.74) is 4.34. The second-order valence-electron chi connectivity index (χ2n) is 5.95. The van der Waals surface area contributed by atoms with Crippen molar-refractivity contribution in [1.29, 1.82) is 0 Å². The van der Waals surface area contributed by atoms with Gasteiger partial charge in [-0.2, -0.15) is 0 Å². The highest BCUT2D eigenvalue weighted by Crippen LogP contribution is 2.17. The van der Waals surface area contributed by atoms with Crippen LogP contribution in [-0.2, 0) is 6.54 Å². The smallest absolute Gasteiger partial charge is 0.270 e. The fourth-order valence-electron chi connectivity index (χ4n) is 2.45. The van der Waals surface area contributed by atoms with Gasteiger partial charge in [-0.15, -0.1) is 0 Å². The number of rotatable bonds is 6. The molecule has 1 aromatic heterocycles. The Kier molecular flexibility index (Phi) is 5.49. The van der Waals surface area contributed by atoms with Crippen LogP contribution in [-0.4, -0.2) is 18.0 Å². The molecule has 3 aromatic rings. The van der Waals surface area contributed by atoms with E-state index in [4.69, 9.17) is 4.74 Å². The molecule has 26 heavy (non-hydrogen) atoms. The van der Waals surface area contributed by atoms with Crippen molar-refractivity contribution in [3.8, 4) is 5.75 Å². The summed E-state index contributed by atoms with van der Waals surface area (Å²) >= 11 is 0. The third-order valence-corrected chi connectivity index (χ3v) is 3.94. The molecule has 0 bridgehead atoms. The van der Waals surface area contributed by atoms with Crippen molar-refractivity contribution in [2.75, 3.05) is 12.4 Å². The Bertz CT molecular complexity index is 875. The van der Waals surface area contributed by atoms with Crippen molar-refractivity contribution < 1.29 is 9.53 Å². The van der Waals surface area contributed by atoms with Crippen LogP contribution in [0.4, 0.5) is 11.4 Å². The zero-order valence-corrected chi connectivity index (χ0v) is 14.8. The summed E-state index contributed by atoms with van der Waals surface area (Å²) in [4.78, 5) is 16.5. The predicted octanol–water partition coefficient (Wildman–Crippen LogP) is 4.07. The van der Waals surface area contributed by atoms with Crippen molar-refractivity contribution in [2.45, 2.75) is 13.5 Å². The zero-order chi connectivity index (χ0) is 18.4. The molecule has 0 unspecified atom stereocenters. The number of amides is 1. The Labute approximate surface area is 153 Å². The predicted molar refractivity (Wildman–Crippen MR) is 103 cm³/mol. The second kappa shape index (κ2) is 8.16. The summed E-state index contributed by atoms with van der Waals surface area (Å²) in [5.74, 6) is 0.574. The molecule has 132 valence electrons. The van der Waals surface area contributed by atoms with E-state index < -0.39 is 0 Å². The topological polar surface area (TPSA) is 63.2 Å². The largest absolute Gasteiger partial charge is 0.497 e. The monoisotopic (exact) mass is 347 g/mol. The lowest BCUT2D eigenvalue weighted by Crippen LogP contribution is -2.23. The van der Waals surface area contributed by atoms with Gasteiger partial charge in [0.25, 0.3) is 5.91 Å². The third-order valence-electron chi connectivity index (χ3n) is 3.94. The van der Waals surface area contributed by atoms with Crippen molar-refractivity contribution in [3.63, 3.8) is 0 Å². The SMILES string of the molecule is COc1ccc(CNC(=O)c2cc(Nc3ccc(C)cc3)ccn2)cc1. The summed E-state index contributed by atoms with van der Waals surface area (Å²) in [5, 5.41) is 6.16. The second-order valence-corrected chi connectivity index (χ2v) is 5.95. The number of carbonyl (C=O) groups is 1. The molecule has 1 amide bonds. The normalized spacial score (nSPS) is 10.2. The molecule has 0 radical (unpaired) electrons.